The molecule has 1 aliphatic heterocycles. The Balaban J connectivity index is 2.01. The number of aliphatic hydroxyl groups excluding tert-OH is 1. The maximum Gasteiger partial charge on any atom is 0.227 e. The fourth-order valence-corrected chi connectivity index (χ4v) is 2.38. The molecular weight excluding hydrogens is 232 g/mol. The maximum atomic E-state index is 12.2. The average molecular weight is 252 g/mol. The summed E-state index contributed by atoms with van der Waals surface area (Å²) >= 11 is 0. The number of nitrogens with zero attached hydrogens (tertiary/aromatic N) is 2. The predicted molar refractivity (Wildman–Crippen MR) is 66.0 cm³/mol. The minimum absolute atomic E-state index is 0.0863. The van der Waals surface area contributed by atoms with E-state index < -0.39 is 0 Å². The number of amides is 1. The van der Waals surface area contributed by atoms with Crippen LogP contribution in [0.3, 0.4) is 0 Å². The standard InChI is InChI=1S/C13H20N2O3/c1-8-7-15(5-4-12(8)16)13(17)6-11-9(2)14-18-10(11)3/h8,12,16H,4-7H2,1-3H3. The van der Waals surface area contributed by atoms with Crippen molar-refractivity contribution in [2.75, 3.05) is 13.1 Å². The van der Waals surface area contributed by atoms with E-state index in [1.807, 2.05) is 25.7 Å². The molecule has 1 aromatic heterocycles. The molecule has 2 heterocycles. The zero-order valence-corrected chi connectivity index (χ0v) is 11.1. The molecule has 1 N–H and O–H groups in total. The second kappa shape index (κ2) is 5.10. The van der Waals surface area contributed by atoms with Crippen molar-refractivity contribution in [1.82, 2.24) is 10.1 Å². The van der Waals surface area contributed by atoms with Crippen molar-refractivity contribution >= 4 is 5.91 Å². The highest BCUT2D eigenvalue weighted by Crippen LogP contribution is 2.19. The van der Waals surface area contributed by atoms with Crippen LogP contribution in [0, 0.1) is 19.8 Å². The molecule has 1 aliphatic rings. The van der Waals surface area contributed by atoms with Gasteiger partial charge in [-0.1, -0.05) is 12.1 Å². The number of hydrogen-bond donors (Lipinski definition) is 1. The Kier molecular flexibility index (Phi) is 3.71. The van der Waals surface area contributed by atoms with Gasteiger partial charge in [0.15, 0.2) is 0 Å². The third-order valence-corrected chi connectivity index (χ3v) is 3.72. The first-order valence-corrected chi connectivity index (χ1v) is 6.36. The van der Waals surface area contributed by atoms with Gasteiger partial charge in [-0.3, -0.25) is 4.79 Å². The molecule has 1 amide bonds. The normalized spacial score (nSPS) is 24.3. The highest BCUT2D eigenvalue weighted by molar-refractivity contribution is 5.79. The number of aryl methyl sites for hydroxylation is 2. The molecule has 2 rings (SSSR count). The van der Waals surface area contributed by atoms with Crippen molar-refractivity contribution in [2.24, 2.45) is 5.92 Å². The van der Waals surface area contributed by atoms with Crippen LogP contribution in [0.5, 0.6) is 0 Å². The van der Waals surface area contributed by atoms with Gasteiger partial charge in [0.05, 0.1) is 18.2 Å². The Hall–Kier alpha value is -1.36. The van der Waals surface area contributed by atoms with Gasteiger partial charge in [-0.25, -0.2) is 0 Å². The third kappa shape index (κ3) is 2.56. The molecule has 5 heteroatoms. The van der Waals surface area contributed by atoms with Gasteiger partial charge in [0, 0.05) is 18.7 Å². The quantitative estimate of drug-likeness (QED) is 0.854. The van der Waals surface area contributed by atoms with Crippen molar-refractivity contribution < 1.29 is 14.4 Å². The fourth-order valence-electron chi connectivity index (χ4n) is 2.38. The van der Waals surface area contributed by atoms with Crippen molar-refractivity contribution in [1.29, 1.82) is 0 Å². The molecule has 0 saturated carbocycles. The molecule has 5 nitrogen and oxygen atoms in total. The highest BCUT2D eigenvalue weighted by Gasteiger charge is 2.28. The van der Waals surface area contributed by atoms with E-state index in [1.165, 1.54) is 0 Å². The van der Waals surface area contributed by atoms with Gasteiger partial charge in [0.2, 0.25) is 5.91 Å². The number of hydrogen-bond acceptors (Lipinski definition) is 4. The summed E-state index contributed by atoms with van der Waals surface area (Å²) in [7, 11) is 0. The highest BCUT2D eigenvalue weighted by atomic mass is 16.5. The second-order valence-electron chi connectivity index (χ2n) is 5.15. The van der Waals surface area contributed by atoms with E-state index >= 15 is 0 Å². The largest absolute Gasteiger partial charge is 0.393 e. The number of piperidine rings is 1. The van der Waals surface area contributed by atoms with Crippen LogP contribution in [0.15, 0.2) is 4.52 Å². The van der Waals surface area contributed by atoms with E-state index in [2.05, 4.69) is 5.16 Å². The second-order valence-corrected chi connectivity index (χ2v) is 5.15. The van der Waals surface area contributed by atoms with Gasteiger partial charge in [-0.15, -0.1) is 0 Å². The lowest BCUT2D eigenvalue weighted by atomic mass is 9.96. The van der Waals surface area contributed by atoms with Crippen LogP contribution in [-0.4, -0.2) is 40.3 Å². The van der Waals surface area contributed by atoms with Crippen LogP contribution in [-0.2, 0) is 11.2 Å². The molecule has 0 aromatic carbocycles. The van der Waals surface area contributed by atoms with Crippen LogP contribution in [0.2, 0.25) is 0 Å². The molecule has 2 unspecified atom stereocenters. The minimum Gasteiger partial charge on any atom is -0.393 e. The maximum absolute atomic E-state index is 12.2. The van der Waals surface area contributed by atoms with E-state index in [0.717, 1.165) is 11.3 Å². The number of carbonyl (C=O) groups excluding carboxylic acids is 1. The van der Waals surface area contributed by atoms with Gasteiger partial charge in [0.1, 0.15) is 5.76 Å². The topological polar surface area (TPSA) is 66.6 Å². The Morgan fingerprint density at radius 1 is 1.56 bits per heavy atom. The van der Waals surface area contributed by atoms with E-state index in [4.69, 9.17) is 4.52 Å². The molecule has 2 atom stereocenters. The summed E-state index contributed by atoms with van der Waals surface area (Å²) in [6.07, 6.45) is 0.714. The van der Waals surface area contributed by atoms with Crippen molar-refractivity contribution in [3.63, 3.8) is 0 Å². The van der Waals surface area contributed by atoms with Crippen LogP contribution in [0.25, 0.3) is 0 Å². The zero-order valence-electron chi connectivity index (χ0n) is 11.1. The minimum atomic E-state index is -0.284. The molecule has 0 radical (unpaired) electrons. The summed E-state index contributed by atoms with van der Waals surface area (Å²) in [6.45, 7) is 6.91. The summed E-state index contributed by atoms with van der Waals surface area (Å²) in [5.74, 6) is 0.946. The summed E-state index contributed by atoms with van der Waals surface area (Å²) in [6, 6.07) is 0. The third-order valence-electron chi connectivity index (χ3n) is 3.72. The summed E-state index contributed by atoms with van der Waals surface area (Å²) in [5.41, 5.74) is 1.67. The molecule has 100 valence electrons. The van der Waals surface area contributed by atoms with Gasteiger partial charge < -0.3 is 14.5 Å². The van der Waals surface area contributed by atoms with Crippen molar-refractivity contribution in [2.45, 2.75) is 39.7 Å². The lowest BCUT2D eigenvalue weighted by molar-refractivity contribution is -0.134. The van der Waals surface area contributed by atoms with Crippen molar-refractivity contribution in [3.8, 4) is 0 Å². The Morgan fingerprint density at radius 2 is 2.28 bits per heavy atom. The SMILES string of the molecule is Cc1noc(C)c1CC(=O)N1CCC(O)C(C)C1. The molecule has 0 aliphatic carbocycles. The first-order chi connectivity index (χ1) is 8.49. The van der Waals surface area contributed by atoms with Gasteiger partial charge in [-0.05, 0) is 26.2 Å². The summed E-state index contributed by atoms with van der Waals surface area (Å²) in [4.78, 5) is 14.0. The molecule has 18 heavy (non-hydrogen) atoms. The lowest BCUT2D eigenvalue weighted by Crippen LogP contribution is -2.45. The van der Waals surface area contributed by atoms with Crippen molar-refractivity contribution in [3.05, 3.63) is 17.0 Å². The first-order valence-electron chi connectivity index (χ1n) is 6.36. The van der Waals surface area contributed by atoms with Crippen LogP contribution < -0.4 is 0 Å². The average Bonchev–Trinajstić information content (AvgIpc) is 2.64. The smallest absolute Gasteiger partial charge is 0.227 e. The fraction of sp³-hybridized carbons (Fsp3) is 0.692. The van der Waals surface area contributed by atoms with Gasteiger partial charge in [-0.2, -0.15) is 0 Å². The van der Waals surface area contributed by atoms with Gasteiger partial charge >= 0.3 is 0 Å². The predicted octanol–water partition coefficient (Wildman–Crippen LogP) is 1.06. The van der Waals surface area contributed by atoms with E-state index in [9.17, 15) is 9.90 Å². The number of likely N-dealkylation sites (tertiary alicyclic amines) is 1. The van der Waals surface area contributed by atoms with E-state index in [0.29, 0.717) is 31.7 Å². The van der Waals surface area contributed by atoms with Crippen LogP contribution in [0.1, 0.15) is 30.4 Å². The Bertz CT molecular complexity index is 422. The number of aliphatic hydroxyl groups is 1. The Morgan fingerprint density at radius 3 is 2.83 bits per heavy atom. The summed E-state index contributed by atoms with van der Waals surface area (Å²) in [5, 5.41) is 13.5. The summed E-state index contributed by atoms with van der Waals surface area (Å²) < 4.78 is 5.06. The molecule has 1 aromatic rings. The number of aromatic nitrogens is 1. The van der Waals surface area contributed by atoms with E-state index in [1.54, 1.807) is 0 Å². The van der Waals surface area contributed by atoms with Gasteiger partial charge in [0.25, 0.3) is 0 Å². The number of rotatable bonds is 2. The molecule has 0 bridgehead atoms. The molecule has 0 spiro atoms. The molecule has 1 fully saturated rings. The zero-order chi connectivity index (χ0) is 13.3. The van der Waals surface area contributed by atoms with Crippen LogP contribution >= 0.6 is 0 Å². The lowest BCUT2D eigenvalue weighted by Gasteiger charge is -2.34. The molecule has 1 saturated heterocycles. The monoisotopic (exact) mass is 252 g/mol. The van der Waals surface area contributed by atoms with E-state index in [-0.39, 0.29) is 17.9 Å². The molecular formula is C13H20N2O3. The first kappa shape index (κ1) is 13.1. The number of carbonyl (C=O) groups is 1. The Labute approximate surface area is 107 Å². The van der Waals surface area contributed by atoms with Crippen LogP contribution in [0.4, 0.5) is 0 Å².